The molecule has 0 saturated heterocycles. The van der Waals surface area contributed by atoms with Gasteiger partial charge >= 0.3 is 65.7 Å². The molecule has 312 valence electrons. The van der Waals surface area contributed by atoms with Crippen molar-refractivity contribution >= 4 is 20.2 Å². The summed E-state index contributed by atoms with van der Waals surface area (Å²) >= 11 is 0.0574. The Kier molecular flexibility index (Phi) is 21.8. The van der Waals surface area contributed by atoms with Gasteiger partial charge in [0.1, 0.15) is 10.1 Å². The maximum absolute atomic E-state index is 12.5. The molecule has 56 heavy (non-hydrogen) atoms. The van der Waals surface area contributed by atoms with Crippen molar-refractivity contribution in [2.45, 2.75) is 74.2 Å². The third kappa shape index (κ3) is 17.5. The van der Waals surface area contributed by atoms with Gasteiger partial charge in [-0.2, -0.15) is 39.5 Å². The van der Waals surface area contributed by atoms with Crippen LogP contribution in [0.5, 0.6) is 0 Å². The van der Waals surface area contributed by atoms with Crippen LogP contribution in [0.15, 0.2) is 121 Å². The van der Waals surface area contributed by atoms with Crippen molar-refractivity contribution in [1.29, 1.82) is 0 Å². The first-order valence-electron chi connectivity index (χ1n) is 16.1. The molecule has 0 spiro atoms. The van der Waals surface area contributed by atoms with Gasteiger partial charge < -0.3 is 9.11 Å². The highest BCUT2D eigenvalue weighted by Crippen LogP contribution is 2.54. The van der Waals surface area contributed by atoms with E-state index >= 15 is 0 Å². The molecule has 4 rings (SSSR count). The second-order valence-corrected chi connectivity index (χ2v) is 20.1. The molecule has 20 heteroatoms. The first-order chi connectivity index (χ1) is 25.9. The standard InChI is InChI=1S/2C12H10I.C8H17FO3S.C4HF9O3S/c2*1-3-7-11(8-4-1)13-12-9-5-2-6-10-12;1-2-3-4-5-6-7-8(9)13(10,11)12;5-1(6,3(9,10)11)2(7,8)4(12,13)17(14,15)16/h2*1-10H;8H,2-7H2,1H3,(H,10,11,12);(H,14,15,16)/q2*+1;;/p-2. The van der Waals surface area contributed by atoms with E-state index in [2.05, 4.69) is 128 Å². The molecular formula is C36H36F10I2O6S2. The normalized spacial score (nSPS) is 12.8. The summed E-state index contributed by atoms with van der Waals surface area (Å²) in [5.41, 5.74) is -2.21. The molecule has 0 aliphatic rings. The Morgan fingerprint density at radius 1 is 0.518 bits per heavy atom. The number of unbranched alkanes of at least 4 members (excludes halogenated alkanes) is 4. The summed E-state index contributed by atoms with van der Waals surface area (Å²) < 4.78 is 184. The lowest BCUT2D eigenvalue weighted by Crippen LogP contribution is -3.61. The van der Waals surface area contributed by atoms with Gasteiger partial charge in [-0.3, -0.25) is 0 Å². The van der Waals surface area contributed by atoms with Gasteiger partial charge in [-0.1, -0.05) is 105 Å². The number of rotatable bonds is 14. The summed E-state index contributed by atoms with van der Waals surface area (Å²) in [6.45, 7) is 2.06. The van der Waals surface area contributed by atoms with Crippen molar-refractivity contribution < 1.29 is 112 Å². The molecule has 0 bridgehead atoms. The molecule has 4 aromatic rings. The lowest BCUT2D eigenvalue weighted by molar-refractivity contribution is -0.597. The average molecular weight is 1070 g/mol. The van der Waals surface area contributed by atoms with Gasteiger partial charge in [0.2, 0.25) is 0 Å². The van der Waals surface area contributed by atoms with Gasteiger partial charge in [-0.15, -0.1) is 0 Å². The van der Waals surface area contributed by atoms with Gasteiger partial charge in [-0.25, -0.2) is 21.2 Å². The van der Waals surface area contributed by atoms with E-state index in [0.29, 0.717) is 6.42 Å². The maximum Gasteiger partial charge on any atom is 0.460 e. The zero-order chi connectivity index (χ0) is 42.7. The van der Waals surface area contributed by atoms with Gasteiger partial charge in [0.25, 0.3) is 0 Å². The number of hydrogen-bond acceptors (Lipinski definition) is 6. The van der Waals surface area contributed by atoms with Crippen LogP contribution < -0.4 is 42.4 Å². The molecule has 6 nitrogen and oxygen atoms in total. The van der Waals surface area contributed by atoms with Gasteiger partial charge in [0, 0.05) is 0 Å². The Labute approximate surface area is 340 Å². The third-order valence-electron chi connectivity index (χ3n) is 6.65. The van der Waals surface area contributed by atoms with E-state index in [1.807, 2.05) is 0 Å². The third-order valence-corrected chi connectivity index (χ3v) is 13.8. The molecule has 1 atom stereocenters. The summed E-state index contributed by atoms with van der Waals surface area (Å²) in [5, 5.41) is -7.11. The van der Waals surface area contributed by atoms with Crippen molar-refractivity contribution in [2.75, 3.05) is 0 Å². The minimum Gasteiger partial charge on any atom is -0.746 e. The highest BCUT2D eigenvalue weighted by molar-refractivity contribution is 7.87. The average Bonchev–Trinajstić information content (AvgIpc) is 3.12. The van der Waals surface area contributed by atoms with E-state index in [1.54, 1.807) is 0 Å². The van der Waals surface area contributed by atoms with Crippen molar-refractivity contribution in [3.63, 3.8) is 0 Å². The van der Waals surface area contributed by atoms with Crippen LogP contribution in [0.1, 0.15) is 45.4 Å². The van der Waals surface area contributed by atoms with Crippen LogP contribution >= 0.6 is 0 Å². The Hall–Kier alpha value is -2.54. The molecule has 0 radical (unpaired) electrons. The first-order valence-corrected chi connectivity index (χ1v) is 23.3. The van der Waals surface area contributed by atoms with Crippen LogP contribution in [-0.2, 0) is 20.2 Å². The monoisotopic (exact) mass is 1070 g/mol. The fourth-order valence-electron chi connectivity index (χ4n) is 3.73. The zero-order valence-corrected chi connectivity index (χ0v) is 35.1. The fourth-order valence-corrected chi connectivity index (χ4v) is 9.17. The fraction of sp³-hybridized carbons (Fsp3) is 0.333. The minimum atomic E-state index is -7.43. The SMILES string of the molecule is CCCCCCCC(F)S(=O)(=O)[O-].O=S(=O)([O-])C(F)(F)C(F)(F)C(F)(F)C(F)(F)F.c1ccc([I+]c2ccccc2)cc1.c1ccc([I+]c2ccccc2)cc1. The van der Waals surface area contributed by atoms with Crippen LogP contribution in [0.3, 0.4) is 0 Å². The van der Waals surface area contributed by atoms with Crippen molar-refractivity contribution in [3.05, 3.63) is 136 Å². The van der Waals surface area contributed by atoms with Crippen molar-refractivity contribution in [1.82, 2.24) is 0 Å². The Morgan fingerprint density at radius 3 is 1.07 bits per heavy atom. The molecule has 0 heterocycles. The smallest absolute Gasteiger partial charge is 0.460 e. The first kappa shape index (κ1) is 51.5. The number of hydrogen-bond donors (Lipinski definition) is 0. The topological polar surface area (TPSA) is 114 Å². The predicted molar refractivity (Wildman–Crippen MR) is 179 cm³/mol. The zero-order valence-electron chi connectivity index (χ0n) is 29.2. The lowest BCUT2D eigenvalue weighted by Gasteiger charge is -2.34. The largest absolute Gasteiger partial charge is 0.746 e. The Morgan fingerprint density at radius 2 is 0.821 bits per heavy atom. The van der Waals surface area contributed by atoms with E-state index in [9.17, 15) is 69.8 Å². The van der Waals surface area contributed by atoms with Crippen molar-refractivity contribution in [3.8, 4) is 0 Å². The van der Waals surface area contributed by atoms with E-state index < -0.39 is 49.0 Å². The van der Waals surface area contributed by atoms with E-state index in [1.165, 1.54) is 14.3 Å². The second-order valence-electron chi connectivity index (χ2n) is 11.1. The van der Waals surface area contributed by atoms with Gasteiger partial charge in [-0.05, 0) is 61.4 Å². The molecule has 1 unspecified atom stereocenters. The molecule has 0 amide bonds. The summed E-state index contributed by atoms with van der Waals surface area (Å²) in [6.07, 6.45) is -2.92. The quantitative estimate of drug-likeness (QED) is 0.0824. The minimum absolute atomic E-state index is 0.0287. The summed E-state index contributed by atoms with van der Waals surface area (Å²) in [5.74, 6) is -14.8. The highest BCUT2D eigenvalue weighted by Gasteiger charge is 2.83. The van der Waals surface area contributed by atoms with Crippen LogP contribution in [0.25, 0.3) is 0 Å². The van der Waals surface area contributed by atoms with Crippen LogP contribution in [0.4, 0.5) is 43.9 Å². The predicted octanol–water partition coefficient (Wildman–Crippen LogP) is 3.78. The van der Waals surface area contributed by atoms with E-state index in [-0.39, 0.29) is 48.8 Å². The summed E-state index contributed by atoms with van der Waals surface area (Å²) in [6, 6.07) is 42.8. The molecule has 0 fully saturated rings. The number of alkyl halides is 10. The van der Waals surface area contributed by atoms with E-state index in [4.69, 9.17) is 0 Å². The summed E-state index contributed by atoms with van der Waals surface area (Å²) in [4.78, 5) is 0. The Balaban J connectivity index is 0.000000375. The molecule has 0 saturated carbocycles. The van der Waals surface area contributed by atoms with Gasteiger partial charge in [0.15, 0.2) is 29.9 Å². The van der Waals surface area contributed by atoms with Crippen LogP contribution in [0, 0.1) is 14.3 Å². The molecular weight excluding hydrogens is 1040 g/mol. The van der Waals surface area contributed by atoms with Crippen LogP contribution in [-0.4, -0.2) is 54.7 Å². The van der Waals surface area contributed by atoms with E-state index in [0.717, 1.165) is 25.7 Å². The highest BCUT2D eigenvalue weighted by atomic mass is 127. The van der Waals surface area contributed by atoms with Gasteiger partial charge in [0.05, 0.1) is 0 Å². The summed E-state index contributed by atoms with van der Waals surface area (Å²) in [7, 11) is -12.1. The second kappa shape index (κ2) is 23.8. The lowest BCUT2D eigenvalue weighted by atomic mass is 10.1. The van der Waals surface area contributed by atoms with Crippen LogP contribution in [0.2, 0.25) is 0 Å². The number of benzene rings is 4. The van der Waals surface area contributed by atoms with Crippen molar-refractivity contribution in [2.24, 2.45) is 0 Å². The molecule has 0 N–H and O–H groups in total. The number of halogens is 12. The molecule has 0 aromatic heterocycles. The molecule has 0 aliphatic carbocycles. The molecule has 4 aromatic carbocycles. The maximum atomic E-state index is 12.5. The molecule has 0 aliphatic heterocycles. The Bertz CT molecular complexity index is 1740.